The lowest BCUT2D eigenvalue weighted by molar-refractivity contribution is -0.121. The van der Waals surface area contributed by atoms with Crippen LogP contribution in [-0.4, -0.2) is 31.7 Å². The quantitative estimate of drug-likeness (QED) is 0.428. The Morgan fingerprint density at radius 1 is 0.818 bits per heavy atom. The van der Waals surface area contributed by atoms with Crippen molar-refractivity contribution in [3.8, 4) is 11.1 Å². The molecule has 0 heterocycles. The zero-order valence-electron chi connectivity index (χ0n) is 19.5. The zero-order chi connectivity index (χ0) is 22.9. The third-order valence-electron chi connectivity index (χ3n) is 7.04. The first-order valence-electron chi connectivity index (χ1n) is 12.6. The lowest BCUT2D eigenvalue weighted by atomic mass is 9.98. The van der Waals surface area contributed by atoms with E-state index in [1.807, 2.05) is 24.3 Å². The van der Waals surface area contributed by atoms with Crippen LogP contribution in [0, 0.1) is 5.92 Å². The maximum atomic E-state index is 12.2. The van der Waals surface area contributed by atoms with Gasteiger partial charge in [-0.3, -0.25) is 4.79 Å². The summed E-state index contributed by atoms with van der Waals surface area (Å²) >= 11 is 0. The average molecular weight is 449 g/mol. The van der Waals surface area contributed by atoms with Gasteiger partial charge in [-0.15, -0.1) is 0 Å². The van der Waals surface area contributed by atoms with Crippen molar-refractivity contribution in [3.05, 3.63) is 59.7 Å². The third-order valence-corrected chi connectivity index (χ3v) is 7.04. The molecule has 1 saturated carbocycles. The Morgan fingerprint density at radius 2 is 1.42 bits per heavy atom. The monoisotopic (exact) mass is 448 g/mol. The molecule has 4 rings (SSSR count). The molecule has 2 aliphatic carbocycles. The van der Waals surface area contributed by atoms with Crippen molar-refractivity contribution in [3.63, 3.8) is 0 Å². The van der Waals surface area contributed by atoms with E-state index in [-0.39, 0.29) is 17.9 Å². The van der Waals surface area contributed by atoms with Gasteiger partial charge in [0.25, 0.3) is 0 Å². The first-order chi connectivity index (χ1) is 16.2. The molecular weight excluding hydrogens is 412 g/mol. The number of alkyl carbamates (subject to hydrolysis) is 1. The van der Waals surface area contributed by atoms with Gasteiger partial charge in [0.1, 0.15) is 6.61 Å². The topological polar surface area (TPSA) is 67.4 Å². The van der Waals surface area contributed by atoms with Gasteiger partial charge < -0.3 is 15.4 Å². The third kappa shape index (κ3) is 6.37. The Morgan fingerprint density at radius 3 is 2.09 bits per heavy atom. The number of nitrogens with one attached hydrogen (secondary N) is 2. The number of benzene rings is 2. The summed E-state index contributed by atoms with van der Waals surface area (Å²) in [5.74, 6) is 1.03. The van der Waals surface area contributed by atoms with Gasteiger partial charge in [-0.25, -0.2) is 4.79 Å². The predicted octanol–water partition coefficient (Wildman–Crippen LogP) is 5.78. The van der Waals surface area contributed by atoms with Crippen molar-refractivity contribution < 1.29 is 14.3 Å². The fourth-order valence-corrected chi connectivity index (χ4v) is 5.22. The molecule has 0 aliphatic heterocycles. The van der Waals surface area contributed by atoms with Gasteiger partial charge in [-0.05, 0) is 53.9 Å². The smallest absolute Gasteiger partial charge is 0.407 e. The van der Waals surface area contributed by atoms with Crippen LogP contribution in [0.5, 0.6) is 0 Å². The number of amides is 2. The minimum atomic E-state index is -0.364. The molecule has 0 radical (unpaired) electrons. The summed E-state index contributed by atoms with van der Waals surface area (Å²) in [6.07, 6.45) is 9.36. The molecule has 0 aromatic heterocycles. The second kappa shape index (κ2) is 11.9. The van der Waals surface area contributed by atoms with E-state index in [2.05, 4.69) is 34.9 Å². The van der Waals surface area contributed by atoms with Crippen LogP contribution in [0.25, 0.3) is 11.1 Å². The minimum Gasteiger partial charge on any atom is -0.449 e. The SMILES string of the molecule is O=C(CCC1CCCC1)NCCCCCNC(=O)OCC1c2ccccc2-c2ccccc21. The van der Waals surface area contributed by atoms with E-state index < -0.39 is 0 Å². The molecule has 2 N–H and O–H groups in total. The molecule has 1 fully saturated rings. The number of rotatable bonds is 11. The summed E-state index contributed by atoms with van der Waals surface area (Å²) in [7, 11) is 0. The fraction of sp³-hybridized carbons (Fsp3) is 0.500. The van der Waals surface area contributed by atoms with E-state index in [0.29, 0.717) is 26.1 Å². The van der Waals surface area contributed by atoms with Crippen molar-refractivity contribution in [2.75, 3.05) is 19.7 Å². The van der Waals surface area contributed by atoms with Crippen molar-refractivity contribution in [2.45, 2.75) is 63.7 Å². The maximum absolute atomic E-state index is 12.2. The molecule has 0 spiro atoms. The molecule has 2 aliphatic rings. The highest BCUT2D eigenvalue weighted by molar-refractivity contribution is 5.79. The van der Waals surface area contributed by atoms with Gasteiger partial charge in [0.2, 0.25) is 5.91 Å². The van der Waals surface area contributed by atoms with Crippen LogP contribution < -0.4 is 10.6 Å². The van der Waals surface area contributed by atoms with Crippen LogP contribution in [-0.2, 0) is 9.53 Å². The van der Waals surface area contributed by atoms with E-state index in [1.54, 1.807) is 0 Å². The highest BCUT2D eigenvalue weighted by Crippen LogP contribution is 2.44. The van der Waals surface area contributed by atoms with E-state index in [0.717, 1.165) is 31.6 Å². The second-order valence-electron chi connectivity index (χ2n) is 9.35. The Balaban J connectivity index is 1.07. The highest BCUT2D eigenvalue weighted by Gasteiger charge is 2.28. The molecule has 5 nitrogen and oxygen atoms in total. The molecule has 176 valence electrons. The normalized spacial score (nSPS) is 15.2. The summed E-state index contributed by atoms with van der Waals surface area (Å²) in [6, 6.07) is 16.7. The standard InChI is InChI=1S/C28H36N2O3/c31-27(17-16-21-10-2-3-11-21)29-18-8-1-9-19-30-28(32)33-20-26-24-14-6-4-12-22(24)23-13-5-7-15-25(23)26/h4-7,12-15,21,26H,1-3,8-11,16-20H2,(H,29,31)(H,30,32). The Labute approximate surface area is 197 Å². The van der Waals surface area contributed by atoms with Crippen LogP contribution in [0.4, 0.5) is 4.79 Å². The van der Waals surface area contributed by atoms with Crippen LogP contribution in [0.3, 0.4) is 0 Å². The van der Waals surface area contributed by atoms with Crippen LogP contribution >= 0.6 is 0 Å². The van der Waals surface area contributed by atoms with E-state index >= 15 is 0 Å². The van der Waals surface area contributed by atoms with Crippen LogP contribution in [0.2, 0.25) is 0 Å². The number of ether oxygens (including phenoxy) is 1. The molecule has 0 saturated heterocycles. The summed E-state index contributed by atoms with van der Waals surface area (Å²) in [4.78, 5) is 24.1. The van der Waals surface area contributed by atoms with Crippen molar-refractivity contribution in [2.24, 2.45) is 5.92 Å². The molecule has 2 aromatic carbocycles. The molecule has 0 bridgehead atoms. The molecule has 5 heteroatoms. The molecular formula is C28H36N2O3. The second-order valence-corrected chi connectivity index (χ2v) is 9.35. The Hall–Kier alpha value is -2.82. The molecule has 0 atom stereocenters. The summed E-state index contributed by atoms with van der Waals surface area (Å²) < 4.78 is 5.56. The molecule has 2 aromatic rings. The van der Waals surface area contributed by atoms with Crippen molar-refractivity contribution in [1.29, 1.82) is 0 Å². The van der Waals surface area contributed by atoms with Crippen LogP contribution in [0.15, 0.2) is 48.5 Å². The van der Waals surface area contributed by atoms with Gasteiger partial charge in [-0.1, -0.05) is 74.2 Å². The highest BCUT2D eigenvalue weighted by atomic mass is 16.5. The van der Waals surface area contributed by atoms with E-state index in [4.69, 9.17) is 4.74 Å². The summed E-state index contributed by atoms with van der Waals surface area (Å²) in [6.45, 7) is 1.65. The van der Waals surface area contributed by atoms with Gasteiger partial charge in [0, 0.05) is 25.4 Å². The van der Waals surface area contributed by atoms with Gasteiger partial charge in [0.05, 0.1) is 0 Å². The van der Waals surface area contributed by atoms with Crippen molar-refractivity contribution in [1.82, 2.24) is 10.6 Å². The number of carbonyl (C=O) groups is 2. The molecule has 0 unspecified atom stereocenters. The minimum absolute atomic E-state index is 0.0837. The number of hydrogen-bond donors (Lipinski definition) is 2. The van der Waals surface area contributed by atoms with Gasteiger partial charge in [-0.2, -0.15) is 0 Å². The van der Waals surface area contributed by atoms with Crippen molar-refractivity contribution >= 4 is 12.0 Å². The van der Waals surface area contributed by atoms with E-state index in [1.165, 1.54) is 47.9 Å². The largest absolute Gasteiger partial charge is 0.449 e. The lowest BCUT2D eigenvalue weighted by Gasteiger charge is -2.14. The first-order valence-corrected chi connectivity index (χ1v) is 12.6. The van der Waals surface area contributed by atoms with Gasteiger partial charge in [0.15, 0.2) is 0 Å². The summed E-state index contributed by atoms with van der Waals surface area (Å²) in [5, 5.41) is 5.88. The predicted molar refractivity (Wildman–Crippen MR) is 131 cm³/mol. The van der Waals surface area contributed by atoms with Crippen LogP contribution in [0.1, 0.15) is 74.8 Å². The average Bonchev–Trinajstić information content (AvgIpc) is 3.47. The zero-order valence-corrected chi connectivity index (χ0v) is 19.5. The Bertz CT molecular complexity index is 891. The summed E-state index contributed by atoms with van der Waals surface area (Å²) in [5.41, 5.74) is 4.90. The number of carbonyl (C=O) groups excluding carboxylic acids is 2. The fourth-order valence-electron chi connectivity index (χ4n) is 5.22. The number of fused-ring (bicyclic) bond motifs is 3. The molecule has 33 heavy (non-hydrogen) atoms. The molecule has 2 amide bonds. The van der Waals surface area contributed by atoms with E-state index in [9.17, 15) is 9.59 Å². The number of unbranched alkanes of at least 4 members (excludes halogenated alkanes) is 2. The maximum Gasteiger partial charge on any atom is 0.407 e. The Kier molecular flexibility index (Phi) is 8.40. The number of hydrogen-bond acceptors (Lipinski definition) is 3. The first kappa shape index (κ1) is 23.3. The lowest BCUT2D eigenvalue weighted by Crippen LogP contribution is -2.27. The van der Waals surface area contributed by atoms with Gasteiger partial charge >= 0.3 is 6.09 Å².